The molecule has 0 amide bonds. The average Bonchev–Trinajstić information content (AvgIpc) is 3.42. The second-order valence-corrected chi connectivity index (χ2v) is 10.1. The molecule has 0 N–H and O–H groups in total. The van der Waals surface area contributed by atoms with Crippen molar-refractivity contribution >= 4 is 13.2 Å². The van der Waals surface area contributed by atoms with Crippen LogP contribution in [0.4, 0.5) is 0 Å². The molecule has 0 unspecified atom stereocenters. The van der Waals surface area contributed by atoms with Crippen LogP contribution in [0.5, 0.6) is 0 Å². The molecule has 2 aromatic carbocycles. The standard InChI is InChI=1S/C21H38P.C5H5.Co/c1-3-5-7-9-11-15-19-22(21-17-13-14-18-21)20-16-12-10-8-6-4-2;1-2-4-5-3-1;/h13-14,17-18H,3-12,15-16,19-20H2,1-2H3;1-5H;/q-1;-5;. The van der Waals surface area contributed by atoms with Crippen molar-refractivity contribution < 1.29 is 16.8 Å². The van der Waals surface area contributed by atoms with Crippen LogP contribution >= 0.6 is 7.92 Å². The van der Waals surface area contributed by atoms with Crippen molar-refractivity contribution in [1.82, 2.24) is 0 Å². The summed E-state index contributed by atoms with van der Waals surface area (Å²) >= 11 is 0. The maximum atomic E-state index is 2.37. The molecule has 2 heteroatoms. The molecule has 0 saturated carbocycles. The van der Waals surface area contributed by atoms with Gasteiger partial charge in [-0.25, -0.2) is 12.1 Å². The second kappa shape index (κ2) is 21.3. The summed E-state index contributed by atoms with van der Waals surface area (Å²) in [7, 11) is 0.132. The Balaban J connectivity index is 0.00000105. The van der Waals surface area contributed by atoms with E-state index in [1.54, 1.807) is 5.30 Å². The molecule has 0 bridgehead atoms. The van der Waals surface area contributed by atoms with Gasteiger partial charge in [0.25, 0.3) is 0 Å². The molecule has 167 valence electrons. The summed E-state index contributed by atoms with van der Waals surface area (Å²) < 4.78 is 0. The fourth-order valence-electron chi connectivity index (χ4n) is 3.43. The second-order valence-electron chi connectivity index (χ2n) is 7.63. The third kappa shape index (κ3) is 15.5. The van der Waals surface area contributed by atoms with E-state index in [0.29, 0.717) is 0 Å². The molecule has 0 atom stereocenters. The van der Waals surface area contributed by atoms with Crippen LogP contribution in [0.25, 0.3) is 0 Å². The number of rotatable bonds is 15. The summed E-state index contributed by atoms with van der Waals surface area (Å²) in [6.07, 6.45) is 20.1. The first-order valence-electron chi connectivity index (χ1n) is 11.5. The summed E-state index contributed by atoms with van der Waals surface area (Å²) in [5.74, 6) is 0. The van der Waals surface area contributed by atoms with Crippen LogP contribution in [0, 0.1) is 0 Å². The molecule has 0 aliphatic carbocycles. The zero-order valence-corrected chi connectivity index (χ0v) is 20.3. The smallest absolute Gasteiger partial charge is 0 e. The third-order valence-corrected chi connectivity index (χ3v) is 7.87. The molecule has 0 aliphatic rings. The Morgan fingerprint density at radius 3 is 1.32 bits per heavy atom. The fourth-order valence-corrected chi connectivity index (χ4v) is 5.98. The molecule has 0 nitrogen and oxygen atoms in total. The van der Waals surface area contributed by atoms with E-state index in [9.17, 15) is 0 Å². The van der Waals surface area contributed by atoms with Crippen LogP contribution in [0.15, 0.2) is 54.6 Å². The normalized spacial score (nSPS) is 10.4. The number of hydrogen-bond donors (Lipinski definition) is 0. The minimum absolute atomic E-state index is 0. The molecular weight excluding hydrogens is 402 g/mol. The Labute approximate surface area is 187 Å². The van der Waals surface area contributed by atoms with Crippen LogP contribution in [0.3, 0.4) is 0 Å². The summed E-state index contributed by atoms with van der Waals surface area (Å²) in [5.41, 5.74) is 0. The molecule has 1 radical (unpaired) electrons. The topological polar surface area (TPSA) is 0 Å². The monoisotopic (exact) mass is 445 g/mol. The molecule has 0 aliphatic heterocycles. The number of unbranched alkanes of at least 4 members (excludes halogenated alkanes) is 10. The molecule has 0 fully saturated rings. The van der Waals surface area contributed by atoms with Gasteiger partial charge in [0.1, 0.15) is 0 Å². The average molecular weight is 446 g/mol. The van der Waals surface area contributed by atoms with Gasteiger partial charge >= 0.3 is 0 Å². The van der Waals surface area contributed by atoms with E-state index >= 15 is 0 Å². The van der Waals surface area contributed by atoms with Crippen molar-refractivity contribution in [1.29, 1.82) is 0 Å². The molecule has 0 heterocycles. The molecule has 0 saturated heterocycles. The van der Waals surface area contributed by atoms with E-state index in [2.05, 4.69) is 38.1 Å². The first kappa shape index (κ1) is 27.6. The van der Waals surface area contributed by atoms with Crippen molar-refractivity contribution in [3.63, 3.8) is 0 Å². The summed E-state index contributed by atoms with van der Waals surface area (Å²) in [6.45, 7) is 4.60. The first-order chi connectivity index (χ1) is 13.4. The zero-order chi connectivity index (χ0) is 19.4. The Morgan fingerprint density at radius 1 is 0.571 bits per heavy atom. The quantitative estimate of drug-likeness (QED) is 0.146. The van der Waals surface area contributed by atoms with Crippen molar-refractivity contribution in [2.75, 3.05) is 12.3 Å². The van der Waals surface area contributed by atoms with E-state index in [4.69, 9.17) is 0 Å². The van der Waals surface area contributed by atoms with E-state index in [0.717, 1.165) is 0 Å². The molecular formula is C26H43CoP-6. The van der Waals surface area contributed by atoms with Gasteiger partial charge in [-0.05, 0) is 25.2 Å². The summed E-state index contributed by atoms with van der Waals surface area (Å²) in [5, 5.41) is 1.66. The SMILES string of the molecule is CCCCCCCCP(CCCCCCCC)[c-]1cccc1.[Co].[cH-]1[cH-][cH-][cH-][cH-]1. The number of hydrogen-bond acceptors (Lipinski definition) is 0. The van der Waals surface area contributed by atoms with E-state index in [1.165, 1.54) is 89.4 Å². The first-order valence-corrected chi connectivity index (χ1v) is 13.2. The van der Waals surface area contributed by atoms with Gasteiger partial charge in [-0.15, -0.1) is 13.2 Å². The van der Waals surface area contributed by atoms with Crippen molar-refractivity contribution in [2.24, 2.45) is 0 Å². The van der Waals surface area contributed by atoms with Crippen LogP contribution in [-0.4, -0.2) is 12.3 Å². The van der Waals surface area contributed by atoms with Crippen LogP contribution < -0.4 is 5.30 Å². The van der Waals surface area contributed by atoms with Gasteiger partial charge in [-0.1, -0.05) is 78.1 Å². The largest absolute Gasteiger partial charge is 0.748 e. The Bertz CT molecular complexity index is 441. The zero-order valence-electron chi connectivity index (χ0n) is 18.4. The van der Waals surface area contributed by atoms with Gasteiger partial charge in [0, 0.05) is 16.8 Å². The molecule has 0 spiro atoms. The predicted octanol–water partition coefficient (Wildman–Crippen LogP) is 8.64. The Hall–Kier alpha value is -0.364. The van der Waals surface area contributed by atoms with E-state index in [1.807, 2.05) is 30.3 Å². The maximum Gasteiger partial charge on any atom is 0 e. The molecule has 28 heavy (non-hydrogen) atoms. The van der Waals surface area contributed by atoms with E-state index < -0.39 is 0 Å². The van der Waals surface area contributed by atoms with Crippen LogP contribution in [0.2, 0.25) is 0 Å². The maximum absolute atomic E-state index is 2.37. The van der Waals surface area contributed by atoms with Crippen LogP contribution in [-0.2, 0) is 16.8 Å². The molecule has 2 aromatic rings. The minimum Gasteiger partial charge on any atom is -0.748 e. The third-order valence-electron chi connectivity index (χ3n) is 5.13. The van der Waals surface area contributed by atoms with E-state index in [-0.39, 0.29) is 24.7 Å². The summed E-state index contributed by atoms with van der Waals surface area (Å²) in [4.78, 5) is 0. The van der Waals surface area contributed by atoms with Crippen LogP contribution in [0.1, 0.15) is 90.9 Å². The Kier molecular flexibility index (Phi) is 21.1. The van der Waals surface area contributed by atoms with Gasteiger partial charge in [0.2, 0.25) is 0 Å². The van der Waals surface area contributed by atoms with Gasteiger partial charge in [-0.2, -0.15) is 12.1 Å². The van der Waals surface area contributed by atoms with Gasteiger partial charge in [-0.3, -0.25) is 0 Å². The molecule has 2 rings (SSSR count). The minimum atomic E-state index is 0. The van der Waals surface area contributed by atoms with Gasteiger partial charge in [0.15, 0.2) is 0 Å². The van der Waals surface area contributed by atoms with Crippen molar-refractivity contribution in [2.45, 2.75) is 90.9 Å². The van der Waals surface area contributed by atoms with Crippen molar-refractivity contribution in [3.8, 4) is 0 Å². The predicted molar refractivity (Wildman–Crippen MR) is 127 cm³/mol. The van der Waals surface area contributed by atoms with Gasteiger partial charge < -0.3 is 30.3 Å². The summed E-state index contributed by atoms with van der Waals surface area (Å²) in [6, 6.07) is 19.2. The fraction of sp³-hybridized carbons (Fsp3) is 0.615. The van der Waals surface area contributed by atoms with Gasteiger partial charge in [0.05, 0.1) is 0 Å². The Morgan fingerprint density at radius 2 is 0.929 bits per heavy atom. The molecule has 0 aromatic heterocycles. The van der Waals surface area contributed by atoms with Crippen molar-refractivity contribution in [3.05, 3.63) is 54.6 Å².